The van der Waals surface area contributed by atoms with Crippen molar-refractivity contribution >= 4 is 11.9 Å². The molecule has 1 saturated heterocycles. The average molecular weight is 353 g/mol. The van der Waals surface area contributed by atoms with Crippen LogP contribution in [0.5, 0.6) is 0 Å². The fraction of sp³-hybridized carbons (Fsp3) is 0.556. The zero-order valence-corrected chi connectivity index (χ0v) is 13.8. The van der Waals surface area contributed by atoms with Gasteiger partial charge in [0.25, 0.3) is 0 Å². The summed E-state index contributed by atoms with van der Waals surface area (Å²) >= 11 is 0. The monoisotopic (exact) mass is 353 g/mol. The molecule has 1 aliphatic carbocycles. The van der Waals surface area contributed by atoms with Gasteiger partial charge in [0.15, 0.2) is 0 Å². The first kappa shape index (κ1) is 17.8. The van der Waals surface area contributed by atoms with Crippen molar-refractivity contribution in [3.05, 3.63) is 35.4 Å². The molecule has 1 aromatic rings. The molecule has 0 bridgehead atoms. The predicted molar refractivity (Wildman–Crippen MR) is 84.7 cm³/mol. The van der Waals surface area contributed by atoms with E-state index < -0.39 is 35.0 Å². The maximum absolute atomic E-state index is 14.4. The van der Waals surface area contributed by atoms with E-state index >= 15 is 0 Å². The lowest BCUT2D eigenvalue weighted by Gasteiger charge is -2.39. The molecule has 136 valence electrons. The molecular weight excluding hydrogens is 332 g/mol. The van der Waals surface area contributed by atoms with E-state index in [1.807, 2.05) is 0 Å². The highest BCUT2D eigenvalue weighted by atomic mass is 19.1. The Balaban J connectivity index is 1.82. The minimum absolute atomic E-state index is 0.248. The molecule has 0 aromatic heterocycles. The van der Waals surface area contributed by atoms with Crippen molar-refractivity contribution in [3.63, 3.8) is 0 Å². The van der Waals surface area contributed by atoms with Gasteiger partial charge < -0.3 is 15.2 Å². The van der Waals surface area contributed by atoms with Crippen LogP contribution in [0.25, 0.3) is 0 Å². The van der Waals surface area contributed by atoms with E-state index in [2.05, 4.69) is 5.32 Å². The third-order valence-electron chi connectivity index (χ3n) is 5.31. The third kappa shape index (κ3) is 3.66. The maximum atomic E-state index is 14.4. The van der Waals surface area contributed by atoms with E-state index in [-0.39, 0.29) is 11.5 Å². The van der Waals surface area contributed by atoms with Crippen molar-refractivity contribution in [2.75, 3.05) is 13.2 Å². The van der Waals surface area contributed by atoms with Crippen LogP contribution in [0.3, 0.4) is 0 Å². The van der Waals surface area contributed by atoms with Crippen molar-refractivity contribution in [1.29, 1.82) is 0 Å². The van der Waals surface area contributed by atoms with Crippen molar-refractivity contribution in [3.8, 4) is 0 Å². The Kier molecular flexibility index (Phi) is 5.03. The van der Waals surface area contributed by atoms with Gasteiger partial charge in [-0.25, -0.2) is 8.78 Å². The number of nitrogens with one attached hydrogen (secondary N) is 1. The zero-order valence-electron chi connectivity index (χ0n) is 13.8. The zero-order chi connectivity index (χ0) is 18.0. The van der Waals surface area contributed by atoms with E-state index in [0.717, 1.165) is 6.07 Å². The Bertz CT molecular complexity index is 673. The molecule has 2 fully saturated rings. The quantitative estimate of drug-likeness (QED) is 0.872. The van der Waals surface area contributed by atoms with Gasteiger partial charge in [0, 0.05) is 30.8 Å². The van der Waals surface area contributed by atoms with Crippen LogP contribution in [0.1, 0.15) is 37.7 Å². The molecule has 25 heavy (non-hydrogen) atoms. The molecule has 0 radical (unpaired) electrons. The summed E-state index contributed by atoms with van der Waals surface area (Å²) in [5.74, 6) is -3.43. The SMILES string of the molecule is O=C(O)[C@@H]1CC[C@H](C(=O)NC2(c3ccc(F)cc3F)CCOCC2)C1. The predicted octanol–water partition coefficient (Wildman–Crippen LogP) is 2.59. The number of amides is 1. The normalized spacial score (nSPS) is 25.5. The second kappa shape index (κ2) is 7.07. The van der Waals surface area contributed by atoms with E-state index in [1.54, 1.807) is 0 Å². The molecule has 5 nitrogen and oxygen atoms in total. The summed E-state index contributed by atoms with van der Waals surface area (Å²) in [5.41, 5.74) is -0.702. The molecular formula is C18H21F2NO4. The van der Waals surface area contributed by atoms with Crippen LogP contribution in [0, 0.1) is 23.5 Å². The van der Waals surface area contributed by atoms with Gasteiger partial charge in [0.2, 0.25) is 5.91 Å². The Morgan fingerprint density at radius 1 is 1.16 bits per heavy atom. The maximum Gasteiger partial charge on any atom is 0.306 e. The average Bonchev–Trinajstić information content (AvgIpc) is 3.06. The van der Waals surface area contributed by atoms with Gasteiger partial charge in [-0.1, -0.05) is 6.07 Å². The number of aliphatic carboxylic acids is 1. The number of carbonyl (C=O) groups excluding carboxylic acids is 1. The molecule has 0 unspecified atom stereocenters. The van der Waals surface area contributed by atoms with E-state index in [0.29, 0.717) is 45.3 Å². The molecule has 2 aliphatic rings. The first-order chi connectivity index (χ1) is 11.9. The van der Waals surface area contributed by atoms with Gasteiger partial charge in [-0.3, -0.25) is 9.59 Å². The number of ether oxygens (including phenoxy) is 1. The van der Waals surface area contributed by atoms with Crippen molar-refractivity contribution < 1.29 is 28.2 Å². The van der Waals surface area contributed by atoms with Gasteiger partial charge in [0.1, 0.15) is 11.6 Å². The Hall–Kier alpha value is -2.02. The summed E-state index contributed by atoms with van der Waals surface area (Å²) < 4.78 is 33.0. The van der Waals surface area contributed by atoms with Crippen LogP contribution in [0.15, 0.2) is 18.2 Å². The van der Waals surface area contributed by atoms with Crippen LogP contribution in [-0.4, -0.2) is 30.2 Å². The van der Waals surface area contributed by atoms with Gasteiger partial charge >= 0.3 is 5.97 Å². The fourth-order valence-corrected chi connectivity index (χ4v) is 3.84. The number of hydrogen-bond donors (Lipinski definition) is 2. The molecule has 1 heterocycles. The van der Waals surface area contributed by atoms with Crippen molar-refractivity contribution in [1.82, 2.24) is 5.32 Å². The Morgan fingerprint density at radius 3 is 2.44 bits per heavy atom. The molecule has 1 aromatic carbocycles. The highest BCUT2D eigenvalue weighted by Crippen LogP contribution is 2.37. The van der Waals surface area contributed by atoms with Gasteiger partial charge in [-0.15, -0.1) is 0 Å². The van der Waals surface area contributed by atoms with Crippen molar-refractivity contribution in [2.24, 2.45) is 11.8 Å². The molecule has 3 rings (SSSR count). The molecule has 1 saturated carbocycles. The molecule has 2 N–H and O–H groups in total. The third-order valence-corrected chi connectivity index (χ3v) is 5.31. The standard InChI is InChI=1S/C18H21F2NO4/c19-13-3-4-14(15(20)10-13)18(5-7-25-8-6-18)21-16(22)11-1-2-12(9-11)17(23)24/h3-4,10-12H,1-2,5-9H2,(H,21,22)(H,23,24)/t11-,12+/m0/s1. The smallest absolute Gasteiger partial charge is 0.306 e. The van der Waals surface area contributed by atoms with Crippen LogP contribution >= 0.6 is 0 Å². The number of benzene rings is 1. The van der Waals surface area contributed by atoms with Crippen LogP contribution in [0.2, 0.25) is 0 Å². The second-order valence-electron chi connectivity index (χ2n) is 6.85. The lowest BCUT2D eigenvalue weighted by atomic mass is 9.81. The minimum Gasteiger partial charge on any atom is -0.481 e. The van der Waals surface area contributed by atoms with Gasteiger partial charge in [-0.2, -0.15) is 0 Å². The van der Waals surface area contributed by atoms with Gasteiger partial charge in [-0.05, 0) is 38.2 Å². The minimum atomic E-state index is -0.950. The topological polar surface area (TPSA) is 75.6 Å². The summed E-state index contributed by atoms with van der Waals surface area (Å²) in [6.45, 7) is 0.721. The highest BCUT2D eigenvalue weighted by Gasteiger charge is 2.41. The second-order valence-corrected chi connectivity index (χ2v) is 6.85. The number of hydrogen-bond acceptors (Lipinski definition) is 3. The van der Waals surface area contributed by atoms with Crippen LogP contribution in [-0.2, 0) is 19.9 Å². The largest absolute Gasteiger partial charge is 0.481 e. The van der Waals surface area contributed by atoms with E-state index in [1.165, 1.54) is 12.1 Å². The Labute approximate surface area is 144 Å². The van der Waals surface area contributed by atoms with E-state index in [4.69, 9.17) is 9.84 Å². The van der Waals surface area contributed by atoms with Gasteiger partial charge in [0.05, 0.1) is 11.5 Å². The molecule has 7 heteroatoms. The van der Waals surface area contributed by atoms with Crippen LogP contribution < -0.4 is 5.32 Å². The Morgan fingerprint density at radius 2 is 1.84 bits per heavy atom. The van der Waals surface area contributed by atoms with Crippen molar-refractivity contribution in [2.45, 2.75) is 37.6 Å². The highest BCUT2D eigenvalue weighted by molar-refractivity contribution is 5.81. The van der Waals surface area contributed by atoms with Crippen LogP contribution in [0.4, 0.5) is 8.78 Å². The molecule has 2 atom stereocenters. The first-order valence-electron chi connectivity index (χ1n) is 8.49. The number of carboxylic acid groups (broad SMARTS) is 1. The number of halogens is 2. The number of rotatable bonds is 4. The number of carbonyl (C=O) groups is 2. The summed E-state index contributed by atoms with van der Waals surface area (Å²) in [4.78, 5) is 23.8. The summed E-state index contributed by atoms with van der Waals surface area (Å²) in [7, 11) is 0. The summed E-state index contributed by atoms with van der Waals surface area (Å²) in [5, 5.41) is 12.0. The summed E-state index contributed by atoms with van der Waals surface area (Å²) in [6.07, 6.45) is 2.03. The molecule has 1 amide bonds. The molecule has 0 spiro atoms. The van der Waals surface area contributed by atoms with E-state index in [9.17, 15) is 18.4 Å². The first-order valence-corrected chi connectivity index (χ1v) is 8.49. The number of carboxylic acids is 1. The molecule has 1 aliphatic heterocycles. The fourth-order valence-electron chi connectivity index (χ4n) is 3.84. The lowest BCUT2D eigenvalue weighted by molar-refractivity contribution is -0.141. The lowest BCUT2D eigenvalue weighted by Crippen LogP contribution is -2.51. The summed E-state index contributed by atoms with van der Waals surface area (Å²) in [6, 6.07) is 3.36.